The third-order valence-corrected chi connectivity index (χ3v) is 6.60. The minimum Gasteiger partial charge on any atom is -0.406 e. The summed E-state index contributed by atoms with van der Waals surface area (Å²) in [6.07, 6.45) is -3.85. The summed E-state index contributed by atoms with van der Waals surface area (Å²) in [4.78, 5) is 16.7. The molecular formula is C18H13BrF4N2O4S. The van der Waals surface area contributed by atoms with Gasteiger partial charge in [0.05, 0.1) is 34.4 Å². The van der Waals surface area contributed by atoms with E-state index in [2.05, 4.69) is 25.7 Å². The minimum absolute atomic E-state index is 0.0156. The van der Waals surface area contributed by atoms with Crippen molar-refractivity contribution in [2.45, 2.75) is 24.7 Å². The van der Waals surface area contributed by atoms with Gasteiger partial charge in [-0.3, -0.25) is 9.36 Å². The van der Waals surface area contributed by atoms with Crippen LogP contribution in [0.4, 0.5) is 17.6 Å². The highest BCUT2D eigenvalue weighted by molar-refractivity contribution is 9.10. The van der Waals surface area contributed by atoms with E-state index >= 15 is 0 Å². The average Bonchev–Trinajstić information content (AvgIpc) is 2.63. The molecule has 1 heterocycles. The molecule has 3 rings (SSSR count). The highest BCUT2D eigenvalue weighted by atomic mass is 79.9. The van der Waals surface area contributed by atoms with Crippen LogP contribution in [0.3, 0.4) is 0 Å². The van der Waals surface area contributed by atoms with Crippen molar-refractivity contribution in [3.05, 3.63) is 62.9 Å². The van der Waals surface area contributed by atoms with E-state index in [4.69, 9.17) is 0 Å². The van der Waals surface area contributed by atoms with Gasteiger partial charge in [-0.2, -0.15) is 0 Å². The second-order valence-electron chi connectivity index (χ2n) is 6.18. The van der Waals surface area contributed by atoms with Crippen molar-refractivity contribution in [3.8, 4) is 5.75 Å². The first kappa shape index (κ1) is 22.2. The molecular weight excluding hydrogens is 496 g/mol. The number of ether oxygens (including phenoxy) is 1. The van der Waals surface area contributed by atoms with Gasteiger partial charge in [0, 0.05) is 4.47 Å². The average molecular weight is 509 g/mol. The lowest BCUT2D eigenvalue weighted by Crippen LogP contribution is -2.23. The zero-order chi connectivity index (χ0) is 22.3. The first-order valence-corrected chi connectivity index (χ1v) is 10.8. The highest BCUT2D eigenvalue weighted by Gasteiger charge is 2.31. The largest absolute Gasteiger partial charge is 0.573 e. The first-order chi connectivity index (χ1) is 13.9. The van der Waals surface area contributed by atoms with Gasteiger partial charge >= 0.3 is 6.36 Å². The fourth-order valence-corrected chi connectivity index (χ4v) is 4.47. The van der Waals surface area contributed by atoms with Gasteiger partial charge < -0.3 is 4.74 Å². The molecule has 30 heavy (non-hydrogen) atoms. The van der Waals surface area contributed by atoms with Crippen LogP contribution in [0.1, 0.15) is 12.5 Å². The number of halogens is 5. The fourth-order valence-electron chi connectivity index (χ4n) is 2.82. The monoisotopic (exact) mass is 508 g/mol. The van der Waals surface area contributed by atoms with Gasteiger partial charge in [-0.1, -0.05) is 6.92 Å². The molecule has 0 aliphatic rings. The van der Waals surface area contributed by atoms with Gasteiger partial charge in [0.15, 0.2) is 9.84 Å². The maximum atomic E-state index is 13.7. The molecule has 0 N–H and O–H groups in total. The molecule has 0 aliphatic heterocycles. The molecule has 0 saturated heterocycles. The molecule has 0 unspecified atom stereocenters. The van der Waals surface area contributed by atoms with Crippen molar-refractivity contribution in [3.63, 3.8) is 0 Å². The van der Waals surface area contributed by atoms with Crippen LogP contribution in [-0.4, -0.2) is 30.1 Å². The molecule has 160 valence electrons. The van der Waals surface area contributed by atoms with E-state index in [1.165, 1.54) is 6.92 Å². The van der Waals surface area contributed by atoms with Crippen LogP contribution in [0.15, 0.2) is 50.8 Å². The number of aromatic nitrogens is 2. The summed E-state index contributed by atoms with van der Waals surface area (Å²) in [5.41, 5.74) is -0.647. The number of nitrogens with zero attached hydrogens (tertiary/aromatic N) is 2. The van der Waals surface area contributed by atoms with Crippen LogP contribution in [0.2, 0.25) is 0 Å². The van der Waals surface area contributed by atoms with Crippen LogP contribution < -0.4 is 10.3 Å². The Labute approximate surface area is 176 Å². The lowest BCUT2D eigenvalue weighted by Gasteiger charge is -2.13. The molecule has 2 aromatic carbocycles. The lowest BCUT2D eigenvalue weighted by molar-refractivity contribution is -0.274. The number of sulfone groups is 1. The number of rotatable bonds is 5. The van der Waals surface area contributed by atoms with E-state index in [1.807, 2.05) is 0 Å². The van der Waals surface area contributed by atoms with Crippen molar-refractivity contribution in [1.82, 2.24) is 9.55 Å². The van der Waals surface area contributed by atoms with E-state index in [9.17, 15) is 30.8 Å². The molecule has 6 nitrogen and oxygen atoms in total. The standard InChI is InChI=1S/C18H13BrF4N2O4S/c1-2-30(27,28)15-4-3-11(20)5-10(15)8-25-9-24-16-13(17(25)26)6-12(7-14(16)19)29-18(21,22)23/h3-7,9H,2,8H2,1H3. The smallest absolute Gasteiger partial charge is 0.406 e. The van der Waals surface area contributed by atoms with Gasteiger partial charge in [-0.25, -0.2) is 17.8 Å². The predicted octanol–water partition coefficient (Wildman–Crippen LogP) is 4.04. The lowest BCUT2D eigenvalue weighted by atomic mass is 10.2. The van der Waals surface area contributed by atoms with Crippen molar-refractivity contribution in [2.75, 3.05) is 5.75 Å². The molecule has 3 aromatic rings. The Bertz CT molecular complexity index is 1290. The Morgan fingerprint density at radius 2 is 1.90 bits per heavy atom. The number of hydrogen-bond donors (Lipinski definition) is 0. The van der Waals surface area contributed by atoms with E-state index in [0.29, 0.717) is 0 Å². The third kappa shape index (κ3) is 4.64. The SMILES string of the molecule is CCS(=O)(=O)c1ccc(F)cc1Cn1cnc2c(Br)cc(OC(F)(F)F)cc2c1=O. The van der Waals surface area contributed by atoms with E-state index in [1.54, 1.807) is 0 Å². The van der Waals surface area contributed by atoms with E-state index < -0.39 is 33.3 Å². The van der Waals surface area contributed by atoms with E-state index in [-0.39, 0.29) is 38.1 Å². The first-order valence-electron chi connectivity index (χ1n) is 8.37. The van der Waals surface area contributed by atoms with Gasteiger partial charge in [0.1, 0.15) is 11.6 Å². The maximum Gasteiger partial charge on any atom is 0.573 e. The molecule has 0 radical (unpaired) electrons. The van der Waals surface area contributed by atoms with Gasteiger partial charge in [0.2, 0.25) is 0 Å². The Balaban J connectivity index is 2.14. The minimum atomic E-state index is -4.96. The van der Waals surface area contributed by atoms with Crippen molar-refractivity contribution in [2.24, 2.45) is 0 Å². The van der Waals surface area contributed by atoms with Gasteiger partial charge in [0.25, 0.3) is 5.56 Å². The fraction of sp³-hybridized carbons (Fsp3) is 0.222. The van der Waals surface area contributed by atoms with Crippen LogP contribution in [0.5, 0.6) is 5.75 Å². The predicted molar refractivity (Wildman–Crippen MR) is 104 cm³/mol. The summed E-state index contributed by atoms with van der Waals surface area (Å²) in [5.74, 6) is -1.56. The number of fused-ring (bicyclic) bond motifs is 1. The van der Waals surface area contributed by atoms with Crippen molar-refractivity contribution in [1.29, 1.82) is 0 Å². The highest BCUT2D eigenvalue weighted by Crippen LogP contribution is 2.30. The Hall–Kier alpha value is -2.47. The van der Waals surface area contributed by atoms with E-state index in [0.717, 1.165) is 41.2 Å². The van der Waals surface area contributed by atoms with Crippen LogP contribution in [0, 0.1) is 5.82 Å². The molecule has 0 atom stereocenters. The zero-order valence-electron chi connectivity index (χ0n) is 15.2. The molecule has 0 saturated carbocycles. The second kappa shape index (κ2) is 7.99. The van der Waals surface area contributed by atoms with Gasteiger partial charge in [-0.15, -0.1) is 13.2 Å². The number of benzene rings is 2. The maximum absolute atomic E-state index is 13.7. The van der Waals surface area contributed by atoms with Crippen LogP contribution in [0.25, 0.3) is 10.9 Å². The molecule has 0 amide bonds. The Morgan fingerprint density at radius 3 is 2.53 bits per heavy atom. The van der Waals surface area contributed by atoms with Crippen LogP contribution >= 0.6 is 15.9 Å². The summed E-state index contributed by atoms with van der Waals surface area (Å²) < 4.78 is 80.9. The summed E-state index contributed by atoms with van der Waals surface area (Å²) in [5, 5.41) is -0.192. The van der Waals surface area contributed by atoms with Crippen molar-refractivity contribution < 1.29 is 30.7 Å². The van der Waals surface area contributed by atoms with Crippen molar-refractivity contribution >= 4 is 36.7 Å². The topological polar surface area (TPSA) is 78.3 Å². The summed E-state index contributed by atoms with van der Waals surface area (Å²) in [6.45, 7) is 1.07. The second-order valence-corrected chi connectivity index (χ2v) is 9.28. The zero-order valence-corrected chi connectivity index (χ0v) is 17.6. The quantitative estimate of drug-likeness (QED) is 0.384. The molecule has 0 bridgehead atoms. The molecule has 0 aliphatic carbocycles. The number of alkyl halides is 3. The Morgan fingerprint density at radius 1 is 1.20 bits per heavy atom. The molecule has 0 spiro atoms. The molecule has 12 heteroatoms. The van der Waals surface area contributed by atoms with Crippen LogP contribution in [-0.2, 0) is 16.4 Å². The van der Waals surface area contributed by atoms with Gasteiger partial charge in [-0.05, 0) is 51.8 Å². The third-order valence-electron chi connectivity index (χ3n) is 4.17. The number of hydrogen-bond acceptors (Lipinski definition) is 5. The summed E-state index contributed by atoms with van der Waals surface area (Å²) in [7, 11) is -3.71. The Kier molecular flexibility index (Phi) is 5.92. The molecule has 1 aromatic heterocycles. The normalized spacial score (nSPS) is 12.3. The summed E-state index contributed by atoms with van der Waals surface area (Å²) in [6, 6.07) is 4.98. The summed E-state index contributed by atoms with van der Waals surface area (Å²) >= 11 is 3.05. The molecule has 0 fully saturated rings.